The number of rotatable bonds is 6. The number of carbonyl (C=O) groups excluding carboxylic acids is 1. The van der Waals surface area contributed by atoms with Crippen molar-refractivity contribution in [2.75, 3.05) is 39.4 Å². The summed E-state index contributed by atoms with van der Waals surface area (Å²) in [5.74, 6) is -0.0606. The first kappa shape index (κ1) is 18.0. The summed E-state index contributed by atoms with van der Waals surface area (Å²) in [4.78, 5) is 31.0. The van der Waals surface area contributed by atoms with E-state index in [0.29, 0.717) is 24.0 Å². The van der Waals surface area contributed by atoms with Crippen molar-refractivity contribution in [1.82, 2.24) is 19.8 Å². The Bertz CT molecular complexity index is 802. The molecule has 0 radical (unpaired) electrons. The molecule has 1 aliphatic heterocycles. The lowest BCUT2D eigenvalue weighted by Crippen LogP contribution is -2.41. The SMILES string of the molecule is O=C(CCn1cnc2ccc(Br)cc2c1=O)NCCN1CCOCC1. The molecule has 0 unspecified atom stereocenters. The van der Waals surface area contributed by atoms with Gasteiger partial charge in [-0.2, -0.15) is 0 Å². The average Bonchev–Trinajstić information content (AvgIpc) is 2.62. The Hall–Kier alpha value is -1.77. The van der Waals surface area contributed by atoms with E-state index < -0.39 is 0 Å². The third-order valence-corrected chi connectivity index (χ3v) is 4.71. The molecule has 2 aromatic rings. The van der Waals surface area contributed by atoms with Crippen LogP contribution in [0.5, 0.6) is 0 Å². The smallest absolute Gasteiger partial charge is 0.261 e. The van der Waals surface area contributed by atoms with E-state index in [1.165, 1.54) is 10.9 Å². The minimum atomic E-state index is -0.132. The van der Waals surface area contributed by atoms with Crippen molar-refractivity contribution in [3.8, 4) is 0 Å². The molecule has 25 heavy (non-hydrogen) atoms. The van der Waals surface area contributed by atoms with Gasteiger partial charge in [0.1, 0.15) is 0 Å². The molecule has 1 aromatic carbocycles. The maximum atomic E-state index is 12.5. The number of hydrogen-bond acceptors (Lipinski definition) is 5. The van der Waals surface area contributed by atoms with E-state index in [-0.39, 0.29) is 17.9 Å². The van der Waals surface area contributed by atoms with Gasteiger partial charge in [0.15, 0.2) is 0 Å². The third kappa shape index (κ3) is 4.87. The average molecular weight is 409 g/mol. The Kier molecular flexibility index (Phi) is 6.17. The molecule has 0 spiro atoms. The molecular formula is C17H21BrN4O3. The molecule has 1 amide bonds. The summed E-state index contributed by atoms with van der Waals surface area (Å²) in [6, 6.07) is 5.40. The highest BCUT2D eigenvalue weighted by molar-refractivity contribution is 9.10. The Morgan fingerprint density at radius 2 is 2.08 bits per heavy atom. The quantitative estimate of drug-likeness (QED) is 0.771. The van der Waals surface area contributed by atoms with Crippen LogP contribution in [0.25, 0.3) is 10.9 Å². The molecule has 3 rings (SSSR count). The van der Waals surface area contributed by atoms with Crippen molar-refractivity contribution in [2.24, 2.45) is 0 Å². The highest BCUT2D eigenvalue weighted by Crippen LogP contribution is 2.14. The number of carbonyl (C=O) groups is 1. The van der Waals surface area contributed by atoms with Crippen LogP contribution in [-0.4, -0.2) is 59.8 Å². The molecule has 1 aromatic heterocycles. The third-order valence-electron chi connectivity index (χ3n) is 4.22. The van der Waals surface area contributed by atoms with E-state index in [4.69, 9.17) is 4.74 Å². The fourth-order valence-corrected chi connectivity index (χ4v) is 3.14. The van der Waals surface area contributed by atoms with Crippen LogP contribution in [0.3, 0.4) is 0 Å². The predicted molar refractivity (Wildman–Crippen MR) is 98.6 cm³/mol. The molecule has 134 valence electrons. The van der Waals surface area contributed by atoms with Crippen LogP contribution in [0.15, 0.2) is 33.8 Å². The van der Waals surface area contributed by atoms with Crippen LogP contribution < -0.4 is 10.9 Å². The molecule has 7 nitrogen and oxygen atoms in total. The summed E-state index contributed by atoms with van der Waals surface area (Å²) in [6.07, 6.45) is 1.75. The maximum Gasteiger partial charge on any atom is 0.261 e. The van der Waals surface area contributed by atoms with Crippen LogP contribution in [0, 0.1) is 0 Å². The van der Waals surface area contributed by atoms with Crippen LogP contribution in [0.1, 0.15) is 6.42 Å². The maximum absolute atomic E-state index is 12.5. The molecule has 1 fully saturated rings. The van der Waals surface area contributed by atoms with Gasteiger partial charge in [0, 0.05) is 43.6 Å². The van der Waals surface area contributed by atoms with Gasteiger partial charge in [-0.1, -0.05) is 15.9 Å². The molecule has 0 aliphatic carbocycles. The minimum Gasteiger partial charge on any atom is -0.379 e. The Morgan fingerprint density at radius 3 is 2.88 bits per heavy atom. The number of benzene rings is 1. The normalized spacial score (nSPS) is 15.4. The van der Waals surface area contributed by atoms with Gasteiger partial charge in [-0.05, 0) is 18.2 Å². The van der Waals surface area contributed by atoms with Crippen LogP contribution in [-0.2, 0) is 16.1 Å². The molecule has 1 aliphatic rings. The first-order valence-electron chi connectivity index (χ1n) is 8.35. The minimum absolute atomic E-state index is 0.0606. The van der Waals surface area contributed by atoms with Crippen molar-refractivity contribution in [1.29, 1.82) is 0 Å². The van der Waals surface area contributed by atoms with Crippen LogP contribution in [0.4, 0.5) is 0 Å². The van der Waals surface area contributed by atoms with Gasteiger partial charge in [-0.25, -0.2) is 4.98 Å². The molecule has 0 bridgehead atoms. The van der Waals surface area contributed by atoms with Crippen molar-refractivity contribution in [3.05, 3.63) is 39.4 Å². The van der Waals surface area contributed by atoms with Gasteiger partial charge in [-0.3, -0.25) is 19.1 Å². The molecule has 1 N–H and O–H groups in total. The number of morpholine rings is 1. The second-order valence-electron chi connectivity index (χ2n) is 5.96. The zero-order valence-corrected chi connectivity index (χ0v) is 15.5. The summed E-state index contributed by atoms with van der Waals surface area (Å²) in [5, 5.41) is 3.45. The van der Waals surface area contributed by atoms with E-state index in [1.807, 2.05) is 6.07 Å². The number of hydrogen-bond donors (Lipinski definition) is 1. The molecule has 0 atom stereocenters. The zero-order valence-electron chi connectivity index (χ0n) is 13.9. The number of ether oxygens (including phenoxy) is 1. The largest absolute Gasteiger partial charge is 0.379 e. The second-order valence-corrected chi connectivity index (χ2v) is 6.87. The van der Waals surface area contributed by atoms with Crippen LogP contribution >= 0.6 is 15.9 Å². The summed E-state index contributed by atoms with van der Waals surface area (Å²) < 4.78 is 7.61. The number of nitrogens with one attached hydrogen (secondary N) is 1. The topological polar surface area (TPSA) is 76.5 Å². The first-order valence-corrected chi connectivity index (χ1v) is 9.14. The van der Waals surface area contributed by atoms with E-state index in [1.54, 1.807) is 12.1 Å². The summed E-state index contributed by atoms with van der Waals surface area (Å²) in [6.45, 7) is 5.06. The van der Waals surface area contributed by atoms with E-state index in [0.717, 1.165) is 37.3 Å². The number of nitrogens with zero attached hydrogens (tertiary/aromatic N) is 3. The lowest BCUT2D eigenvalue weighted by atomic mass is 10.2. The number of aromatic nitrogens is 2. The van der Waals surface area contributed by atoms with Gasteiger partial charge >= 0.3 is 0 Å². The fourth-order valence-electron chi connectivity index (χ4n) is 2.78. The molecule has 0 saturated carbocycles. The summed E-state index contributed by atoms with van der Waals surface area (Å²) in [7, 11) is 0. The number of aryl methyl sites for hydroxylation is 1. The standard InChI is InChI=1S/C17H21BrN4O3/c18-13-1-2-15-14(11-13)17(24)22(12-20-15)5-3-16(23)19-4-6-21-7-9-25-10-8-21/h1-2,11-12H,3-10H2,(H,19,23). The van der Waals surface area contributed by atoms with Gasteiger partial charge in [0.25, 0.3) is 5.56 Å². The highest BCUT2D eigenvalue weighted by Gasteiger charge is 2.11. The summed E-state index contributed by atoms with van der Waals surface area (Å²) in [5.41, 5.74) is 0.520. The summed E-state index contributed by atoms with van der Waals surface area (Å²) >= 11 is 3.36. The lowest BCUT2D eigenvalue weighted by Gasteiger charge is -2.26. The molecule has 8 heteroatoms. The Balaban J connectivity index is 1.51. The van der Waals surface area contributed by atoms with E-state index >= 15 is 0 Å². The number of fused-ring (bicyclic) bond motifs is 1. The Morgan fingerprint density at radius 1 is 1.28 bits per heavy atom. The van der Waals surface area contributed by atoms with Gasteiger partial charge in [0.05, 0.1) is 30.4 Å². The van der Waals surface area contributed by atoms with Gasteiger partial charge in [-0.15, -0.1) is 0 Å². The highest BCUT2D eigenvalue weighted by atomic mass is 79.9. The lowest BCUT2D eigenvalue weighted by molar-refractivity contribution is -0.121. The number of halogens is 1. The first-order chi connectivity index (χ1) is 12.1. The van der Waals surface area contributed by atoms with Crippen LogP contribution in [0.2, 0.25) is 0 Å². The second kappa shape index (κ2) is 8.55. The Labute approximate surface area is 154 Å². The number of amides is 1. The van der Waals surface area contributed by atoms with Crippen molar-refractivity contribution in [2.45, 2.75) is 13.0 Å². The monoisotopic (exact) mass is 408 g/mol. The molecular weight excluding hydrogens is 388 g/mol. The van der Waals surface area contributed by atoms with E-state index in [2.05, 4.69) is 31.1 Å². The predicted octanol–water partition coefficient (Wildman–Crippen LogP) is 0.997. The van der Waals surface area contributed by atoms with E-state index in [9.17, 15) is 9.59 Å². The van der Waals surface area contributed by atoms with Gasteiger partial charge in [0.2, 0.25) is 5.91 Å². The zero-order chi connectivity index (χ0) is 17.6. The molecule has 1 saturated heterocycles. The van der Waals surface area contributed by atoms with Crippen molar-refractivity contribution < 1.29 is 9.53 Å². The van der Waals surface area contributed by atoms with Gasteiger partial charge < -0.3 is 10.1 Å². The molecule has 2 heterocycles. The van der Waals surface area contributed by atoms with Crippen molar-refractivity contribution >= 4 is 32.7 Å². The van der Waals surface area contributed by atoms with Crippen molar-refractivity contribution in [3.63, 3.8) is 0 Å². The fraction of sp³-hybridized carbons (Fsp3) is 0.471.